The van der Waals surface area contributed by atoms with Gasteiger partial charge in [-0.3, -0.25) is 0 Å². The smallest absolute Gasteiger partial charge is 0.213 e. The number of hydrogen-bond donors (Lipinski definition) is 1. The molecule has 0 aliphatic rings. The van der Waals surface area contributed by atoms with Gasteiger partial charge >= 0.3 is 0 Å². The summed E-state index contributed by atoms with van der Waals surface area (Å²) in [5, 5.41) is 3.42. The standard InChI is InChI=1S/C16H28N2O2/c1-5-7-19-8-9-20-16-11-14(12-17-13(3)4)10-15(6-2)18-16/h10-11,13,17H,5-9,12H2,1-4H3. The molecular weight excluding hydrogens is 252 g/mol. The molecular formula is C16H28N2O2. The molecule has 0 unspecified atom stereocenters. The third-order valence-corrected chi connectivity index (χ3v) is 2.82. The first-order chi connectivity index (χ1) is 9.65. The van der Waals surface area contributed by atoms with Crippen LogP contribution < -0.4 is 10.1 Å². The zero-order valence-corrected chi connectivity index (χ0v) is 13.2. The van der Waals surface area contributed by atoms with Crippen LogP contribution in [0.5, 0.6) is 5.88 Å². The van der Waals surface area contributed by atoms with Crippen molar-refractivity contribution >= 4 is 0 Å². The van der Waals surface area contributed by atoms with Gasteiger partial charge in [0.2, 0.25) is 5.88 Å². The number of aromatic nitrogens is 1. The van der Waals surface area contributed by atoms with Crippen molar-refractivity contribution in [2.24, 2.45) is 0 Å². The molecule has 0 spiro atoms. The minimum Gasteiger partial charge on any atom is -0.475 e. The number of aryl methyl sites for hydroxylation is 1. The first-order valence-electron chi connectivity index (χ1n) is 7.59. The molecule has 0 radical (unpaired) electrons. The van der Waals surface area contributed by atoms with Gasteiger partial charge in [-0.2, -0.15) is 0 Å². The summed E-state index contributed by atoms with van der Waals surface area (Å²) in [6.45, 7) is 11.3. The van der Waals surface area contributed by atoms with Crippen molar-refractivity contribution < 1.29 is 9.47 Å². The summed E-state index contributed by atoms with van der Waals surface area (Å²) in [7, 11) is 0. The van der Waals surface area contributed by atoms with E-state index in [0.29, 0.717) is 25.1 Å². The van der Waals surface area contributed by atoms with Crippen LogP contribution in [0.1, 0.15) is 45.4 Å². The van der Waals surface area contributed by atoms with Gasteiger partial charge in [0.05, 0.1) is 6.61 Å². The predicted octanol–water partition coefficient (Wildman–Crippen LogP) is 2.95. The van der Waals surface area contributed by atoms with Gasteiger partial charge in [-0.1, -0.05) is 27.7 Å². The highest BCUT2D eigenvalue weighted by Crippen LogP contribution is 2.13. The van der Waals surface area contributed by atoms with Crippen LogP contribution in [0.4, 0.5) is 0 Å². The van der Waals surface area contributed by atoms with Crippen molar-refractivity contribution in [2.45, 2.75) is 53.1 Å². The van der Waals surface area contributed by atoms with Crippen LogP contribution in [0.2, 0.25) is 0 Å². The van der Waals surface area contributed by atoms with Gasteiger partial charge < -0.3 is 14.8 Å². The van der Waals surface area contributed by atoms with Crippen molar-refractivity contribution in [1.82, 2.24) is 10.3 Å². The number of pyridine rings is 1. The molecule has 1 rings (SSSR count). The van der Waals surface area contributed by atoms with E-state index in [1.165, 1.54) is 5.56 Å². The van der Waals surface area contributed by atoms with E-state index in [-0.39, 0.29) is 0 Å². The van der Waals surface area contributed by atoms with Crippen LogP contribution in [-0.4, -0.2) is 30.8 Å². The summed E-state index contributed by atoms with van der Waals surface area (Å²) in [6.07, 6.45) is 1.95. The Labute approximate surface area is 122 Å². The van der Waals surface area contributed by atoms with Gasteiger partial charge in [-0.05, 0) is 24.5 Å². The van der Waals surface area contributed by atoms with Crippen molar-refractivity contribution in [2.75, 3.05) is 19.8 Å². The highest BCUT2D eigenvalue weighted by molar-refractivity contribution is 5.25. The molecule has 4 heteroatoms. The third-order valence-electron chi connectivity index (χ3n) is 2.82. The van der Waals surface area contributed by atoms with E-state index >= 15 is 0 Å². The Hall–Kier alpha value is -1.13. The van der Waals surface area contributed by atoms with Crippen LogP contribution in [-0.2, 0) is 17.7 Å². The molecule has 0 bridgehead atoms. The van der Waals surface area contributed by atoms with Crippen LogP contribution in [0.25, 0.3) is 0 Å². The second-order valence-electron chi connectivity index (χ2n) is 5.15. The monoisotopic (exact) mass is 280 g/mol. The maximum Gasteiger partial charge on any atom is 0.213 e. The molecule has 0 amide bonds. The van der Waals surface area contributed by atoms with E-state index in [1.54, 1.807) is 0 Å². The lowest BCUT2D eigenvalue weighted by Crippen LogP contribution is -2.22. The molecule has 0 aromatic carbocycles. The quantitative estimate of drug-likeness (QED) is 0.669. The van der Waals surface area contributed by atoms with E-state index in [4.69, 9.17) is 9.47 Å². The van der Waals surface area contributed by atoms with Crippen LogP contribution in [0.15, 0.2) is 12.1 Å². The van der Waals surface area contributed by atoms with E-state index in [2.05, 4.69) is 44.1 Å². The van der Waals surface area contributed by atoms with Gasteiger partial charge in [0.25, 0.3) is 0 Å². The highest BCUT2D eigenvalue weighted by Gasteiger charge is 2.04. The fourth-order valence-corrected chi connectivity index (χ4v) is 1.75. The summed E-state index contributed by atoms with van der Waals surface area (Å²) in [4.78, 5) is 4.49. The average Bonchev–Trinajstić information content (AvgIpc) is 2.44. The molecule has 1 aromatic heterocycles. The van der Waals surface area contributed by atoms with E-state index in [1.807, 2.05) is 6.07 Å². The lowest BCUT2D eigenvalue weighted by atomic mass is 10.2. The summed E-state index contributed by atoms with van der Waals surface area (Å²) >= 11 is 0. The highest BCUT2D eigenvalue weighted by atomic mass is 16.5. The van der Waals surface area contributed by atoms with Gasteiger partial charge in [0, 0.05) is 31.0 Å². The van der Waals surface area contributed by atoms with Crippen LogP contribution in [0.3, 0.4) is 0 Å². The molecule has 20 heavy (non-hydrogen) atoms. The molecule has 114 valence electrons. The largest absolute Gasteiger partial charge is 0.475 e. The number of nitrogens with zero attached hydrogens (tertiary/aromatic N) is 1. The molecule has 1 aromatic rings. The molecule has 0 saturated carbocycles. The Balaban J connectivity index is 2.53. The summed E-state index contributed by atoms with van der Waals surface area (Å²) in [5.41, 5.74) is 2.28. The Kier molecular flexibility index (Phi) is 8.23. The maximum atomic E-state index is 5.68. The van der Waals surface area contributed by atoms with Gasteiger partial charge in [-0.15, -0.1) is 0 Å². The van der Waals surface area contributed by atoms with Gasteiger partial charge in [0.1, 0.15) is 6.61 Å². The molecule has 4 nitrogen and oxygen atoms in total. The Morgan fingerprint density at radius 3 is 2.60 bits per heavy atom. The maximum absolute atomic E-state index is 5.68. The molecule has 0 fully saturated rings. The van der Waals surface area contributed by atoms with E-state index in [0.717, 1.165) is 31.7 Å². The minimum atomic E-state index is 0.472. The number of rotatable bonds is 10. The zero-order chi connectivity index (χ0) is 14.8. The van der Waals surface area contributed by atoms with E-state index < -0.39 is 0 Å². The fraction of sp³-hybridized carbons (Fsp3) is 0.688. The second-order valence-corrected chi connectivity index (χ2v) is 5.15. The van der Waals surface area contributed by atoms with Crippen molar-refractivity contribution in [3.8, 4) is 5.88 Å². The SMILES string of the molecule is CCCOCCOc1cc(CNC(C)C)cc(CC)n1. The Morgan fingerprint density at radius 1 is 1.15 bits per heavy atom. The molecule has 0 aliphatic carbocycles. The lowest BCUT2D eigenvalue weighted by molar-refractivity contribution is 0.0989. The third kappa shape index (κ3) is 6.87. The van der Waals surface area contributed by atoms with Crippen LogP contribution in [0, 0.1) is 0 Å². The molecule has 1 N–H and O–H groups in total. The average molecular weight is 280 g/mol. The molecule has 0 atom stereocenters. The molecule has 0 aliphatic heterocycles. The first-order valence-corrected chi connectivity index (χ1v) is 7.59. The normalized spacial score (nSPS) is 11.1. The number of hydrogen-bond acceptors (Lipinski definition) is 4. The van der Waals surface area contributed by atoms with Crippen molar-refractivity contribution in [1.29, 1.82) is 0 Å². The fourth-order valence-electron chi connectivity index (χ4n) is 1.75. The minimum absolute atomic E-state index is 0.472. The Morgan fingerprint density at radius 2 is 1.95 bits per heavy atom. The second kappa shape index (κ2) is 9.72. The number of ether oxygens (including phenoxy) is 2. The van der Waals surface area contributed by atoms with Crippen molar-refractivity contribution in [3.63, 3.8) is 0 Å². The first kappa shape index (κ1) is 16.9. The Bertz CT molecular complexity index is 381. The summed E-state index contributed by atoms with van der Waals surface area (Å²) in [5.74, 6) is 0.699. The topological polar surface area (TPSA) is 43.4 Å². The van der Waals surface area contributed by atoms with Crippen LogP contribution >= 0.6 is 0 Å². The van der Waals surface area contributed by atoms with Gasteiger partial charge in [-0.25, -0.2) is 4.98 Å². The number of nitrogens with one attached hydrogen (secondary N) is 1. The van der Waals surface area contributed by atoms with E-state index in [9.17, 15) is 0 Å². The summed E-state index contributed by atoms with van der Waals surface area (Å²) in [6, 6.07) is 4.62. The molecule has 1 heterocycles. The summed E-state index contributed by atoms with van der Waals surface area (Å²) < 4.78 is 11.1. The lowest BCUT2D eigenvalue weighted by Gasteiger charge is -2.12. The molecule has 0 saturated heterocycles. The predicted molar refractivity (Wildman–Crippen MR) is 82.2 cm³/mol. The van der Waals surface area contributed by atoms with Crippen molar-refractivity contribution in [3.05, 3.63) is 23.4 Å². The van der Waals surface area contributed by atoms with Gasteiger partial charge in [0.15, 0.2) is 0 Å². The zero-order valence-electron chi connectivity index (χ0n) is 13.2.